The predicted molar refractivity (Wildman–Crippen MR) is 91.8 cm³/mol. The second kappa shape index (κ2) is 5.85. The van der Waals surface area contributed by atoms with Gasteiger partial charge in [-0.05, 0) is 80.4 Å². The Balaban J connectivity index is 1.59. The lowest BCUT2D eigenvalue weighted by molar-refractivity contribution is -0.650. The number of benzene rings is 1. The van der Waals surface area contributed by atoms with E-state index < -0.39 is 24.2 Å². The third-order valence-electron chi connectivity index (χ3n) is 7.14. The Bertz CT molecular complexity index is 737. The van der Waals surface area contributed by atoms with E-state index in [1.54, 1.807) is 18.2 Å². The summed E-state index contributed by atoms with van der Waals surface area (Å²) in [6.45, 7) is 0.457. The van der Waals surface area contributed by atoms with Gasteiger partial charge >= 0.3 is 6.18 Å². The summed E-state index contributed by atoms with van der Waals surface area (Å²) in [6.07, 6.45) is 0.682. The van der Waals surface area contributed by atoms with Crippen molar-refractivity contribution in [1.29, 1.82) is 0 Å². The molecule has 1 aromatic rings. The Morgan fingerprint density at radius 1 is 1.07 bits per heavy atom. The van der Waals surface area contributed by atoms with Gasteiger partial charge < -0.3 is 4.74 Å². The zero-order valence-corrected chi connectivity index (χ0v) is 15.8. The van der Waals surface area contributed by atoms with Crippen LogP contribution in [0.3, 0.4) is 0 Å². The van der Waals surface area contributed by atoms with E-state index in [4.69, 9.17) is 26.1 Å². The maximum Gasteiger partial charge on any atom is 0.411 e. The average Bonchev–Trinajstić information content (AvgIpc) is 2.56. The molecule has 1 atom stereocenters. The molecule has 7 heteroatoms. The minimum Gasteiger partial charge on any atom is -0.332 e. The lowest BCUT2D eigenvalue weighted by atomic mass is 9.47. The van der Waals surface area contributed by atoms with Crippen LogP contribution in [0.4, 0.5) is 13.2 Å². The fraction of sp³-hybridized carbons (Fsp3) is 0.700. The van der Waals surface area contributed by atoms with Gasteiger partial charge in [0.15, 0.2) is 5.60 Å². The van der Waals surface area contributed by atoms with Crippen molar-refractivity contribution in [3.8, 4) is 0 Å². The van der Waals surface area contributed by atoms with E-state index in [-0.39, 0.29) is 11.8 Å². The smallest absolute Gasteiger partial charge is 0.332 e. The van der Waals surface area contributed by atoms with Gasteiger partial charge in [-0.15, -0.1) is 0 Å². The second-order valence-electron chi connectivity index (χ2n) is 8.75. The number of alkyl halides is 3. The summed E-state index contributed by atoms with van der Waals surface area (Å²) < 4.78 is 44.8. The molecule has 0 aromatic heterocycles. The molecule has 4 aliphatic carbocycles. The molecular weight excluding hydrogens is 381 g/mol. The molecule has 4 saturated carbocycles. The standard InChI is InChI=1S/C20H22ClF3O3/c1-11-4-14(2-3-17(11)21)20(25-10-18(22,23)24)19(26-27-20)15-6-12-5-13(8-15)9-16(19)7-12/h2-4,12-13,15-16H,5-10H2,1H3. The topological polar surface area (TPSA) is 27.7 Å². The summed E-state index contributed by atoms with van der Waals surface area (Å²) in [5.41, 5.74) is 0.498. The predicted octanol–water partition coefficient (Wildman–Crippen LogP) is 5.54. The molecule has 4 bridgehead atoms. The molecule has 1 saturated heterocycles. The van der Waals surface area contributed by atoms with Crippen molar-refractivity contribution in [3.05, 3.63) is 34.3 Å². The van der Waals surface area contributed by atoms with E-state index in [1.807, 2.05) is 6.92 Å². The molecule has 1 spiro atoms. The molecule has 6 rings (SSSR count). The maximum absolute atomic E-state index is 13.1. The maximum atomic E-state index is 13.1. The SMILES string of the molecule is Cc1cc(C2(OCC(F)(F)F)OOC23C2CC4CC(C2)CC3C4)ccc1Cl. The van der Waals surface area contributed by atoms with Crippen molar-refractivity contribution in [1.82, 2.24) is 0 Å². The van der Waals surface area contributed by atoms with Crippen LogP contribution in [-0.4, -0.2) is 18.4 Å². The molecule has 0 N–H and O–H groups in total. The minimum absolute atomic E-state index is 0.159. The average molecular weight is 403 g/mol. The summed E-state index contributed by atoms with van der Waals surface area (Å²) in [7, 11) is 0. The van der Waals surface area contributed by atoms with Gasteiger partial charge in [0.25, 0.3) is 5.79 Å². The van der Waals surface area contributed by atoms with E-state index in [2.05, 4.69) is 0 Å². The number of aryl methyl sites for hydroxylation is 1. The summed E-state index contributed by atoms with van der Waals surface area (Å²) in [4.78, 5) is 11.3. The molecule has 1 heterocycles. The van der Waals surface area contributed by atoms with Gasteiger partial charge in [0.1, 0.15) is 6.61 Å². The Labute approximate surface area is 161 Å². The van der Waals surface area contributed by atoms with Crippen LogP contribution in [0.1, 0.15) is 43.2 Å². The number of ether oxygens (including phenoxy) is 1. The van der Waals surface area contributed by atoms with Crippen LogP contribution in [0.2, 0.25) is 5.02 Å². The van der Waals surface area contributed by atoms with Crippen LogP contribution in [0.15, 0.2) is 18.2 Å². The van der Waals surface area contributed by atoms with Crippen molar-refractivity contribution >= 4 is 11.6 Å². The molecule has 0 radical (unpaired) electrons. The summed E-state index contributed by atoms with van der Waals surface area (Å²) in [5.74, 6) is 0.0862. The highest BCUT2D eigenvalue weighted by atomic mass is 35.5. The van der Waals surface area contributed by atoms with Gasteiger partial charge in [-0.25, -0.2) is 4.89 Å². The summed E-state index contributed by atoms with van der Waals surface area (Å²) in [6, 6.07) is 5.17. The lowest BCUT2D eigenvalue weighted by Gasteiger charge is -2.68. The third-order valence-corrected chi connectivity index (χ3v) is 7.56. The van der Waals surface area contributed by atoms with Crippen LogP contribution >= 0.6 is 11.6 Å². The van der Waals surface area contributed by atoms with Crippen LogP contribution in [0.25, 0.3) is 0 Å². The van der Waals surface area contributed by atoms with Gasteiger partial charge in [0.2, 0.25) is 0 Å². The van der Waals surface area contributed by atoms with E-state index in [0.717, 1.165) is 31.2 Å². The van der Waals surface area contributed by atoms with Gasteiger partial charge in [-0.1, -0.05) is 17.7 Å². The lowest BCUT2D eigenvalue weighted by Crippen LogP contribution is -2.77. The highest BCUT2D eigenvalue weighted by molar-refractivity contribution is 6.31. The van der Waals surface area contributed by atoms with Crippen molar-refractivity contribution in [2.24, 2.45) is 23.7 Å². The van der Waals surface area contributed by atoms with Gasteiger partial charge in [-0.3, -0.25) is 0 Å². The number of hydrogen-bond acceptors (Lipinski definition) is 3. The third kappa shape index (κ3) is 2.53. The van der Waals surface area contributed by atoms with Gasteiger partial charge in [-0.2, -0.15) is 18.1 Å². The first-order chi connectivity index (χ1) is 12.7. The Kier molecular flexibility index (Phi) is 3.95. The fourth-order valence-electron chi connectivity index (χ4n) is 6.30. The van der Waals surface area contributed by atoms with Crippen molar-refractivity contribution in [3.63, 3.8) is 0 Å². The molecule has 27 heavy (non-hydrogen) atoms. The Morgan fingerprint density at radius 2 is 1.70 bits per heavy atom. The minimum atomic E-state index is -4.44. The highest BCUT2D eigenvalue weighted by Crippen LogP contribution is 2.69. The molecule has 1 aliphatic heterocycles. The molecule has 1 unspecified atom stereocenters. The largest absolute Gasteiger partial charge is 0.411 e. The highest BCUT2D eigenvalue weighted by Gasteiger charge is 2.77. The van der Waals surface area contributed by atoms with Crippen LogP contribution in [0, 0.1) is 30.6 Å². The van der Waals surface area contributed by atoms with Crippen molar-refractivity contribution < 1.29 is 27.7 Å². The van der Waals surface area contributed by atoms with Crippen molar-refractivity contribution in [2.75, 3.05) is 6.61 Å². The van der Waals surface area contributed by atoms with Gasteiger partial charge in [0, 0.05) is 10.6 Å². The first-order valence-electron chi connectivity index (χ1n) is 9.58. The molecule has 1 aromatic carbocycles. The first-order valence-corrected chi connectivity index (χ1v) is 9.95. The fourth-order valence-corrected chi connectivity index (χ4v) is 6.42. The first kappa shape index (κ1) is 18.2. The molecule has 0 amide bonds. The monoisotopic (exact) mass is 402 g/mol. The zero-order valence-electron chi connectivity index (χ0n) is 15.0. The van der Waals surface area contributed by atoms with Crippen LogP contribution in [-0.2, 0) is 20.3 Å². The number of rotatable bonds is 3. The summed E-state index contributed by atoms with van der Waals surface area (Å²) >= 11 is 6.15. The number of halogens is 4. The normalized spacial score (nSPS) is 42.6. The molecule has 5 aliphatic rings. The van der Waals surface area contributed by atoms with E-state index in [9.17, 15) is 13.2 Å². The van der Waals surface area contributed by atoms with Crippen molar-refractivity contribution in [2.45, 2.75) is 56.6 Å². The molecule has 5 fully saturated rings. The summed E-state index contributed by atoms with van der Waals surface area (Å²) in [5, 5.41) is 0.559. The molecule has 148 valence electrons. The zero-order chi connectivity index (χ0) is 19.0. The van der Waals surface area contributed by atoms with Gasteiger partial charge in [0.05, 0.1) is 0 Å². The van der Waals surface area contributed by atoms with E-state index in [0.29, 0.717) is 22.4 Å². The Hall–Kier alpha value is -0.820. The van der Waals surface area contributed by atoms with Crippen LogP contribution < -0.4 is 0 Å². The molecule has 3 nitrogen and oxygen atoms in total. The molecular formula is C20H22ClF3O3. The second-order valence-corrected chi connectivity index (χ2v) is 9.16. The quantitative estimate of drug-likeness (QED) is 0.621. The number of hydrogen-bond donors (Lipinski definition) is 0. The van der Waals surface area contributed by atoms with E-state index in [1.165, 1.54) is 6.42 Å². The van der Waals surface area contributed by atoms with E-state index >= 15 is 0 Å². The van der Waals surface area contributed by atoms with Crippen LogP contribution in [0.5, 0.6) is 0 Å². The Morgan fingerprint density at radius 3 is 2.19 bits per heavy atom.